The molecule has 0 atom stereocenters. The maximum atomic E-state index is 4.38. The Bertz CT molecular complexity index is 998. The van der Waals surface area contributed by atoms with E-state index in [4.69, 9.17) is 0 Å². The first kappa shape index (κ1) is 74.0. The van der Waals surface area contributed by atoms with Crippen LogP contribution in [-0.4, -0.2) is 17.4 Å². The molecule has 0 fully saturated rings. The number of rotatable bonds is 0. The summed E-state index contributed by atoms with van der Waals surface area (Å²) in [5, 5.41) is 0. The summed E-state index contributed by atoms with van der Waals surface area (Å²) >= 11 is -1.29. The fourth-order valence-electron chi connectivity index (χ4n) is 5.62. The number of hydrogen-bond donors (Lipinski definition) is 0. The Kier molecular flexibility index (Phi) is 46.9. The summed E-state index contributed by atoms with van der Waals surface area (Å²) in [6.45, 7) is 44.0. The van der Waals surface area contributed by atoms with Crippen LogP contribution in [0, 0.1) is 198 Å². The molecule has 0 heterocycles. The Hall–Kier alpha value is 0.932. The zero-order valence-corrected chi connectivity index (χ0v) is 46.1. The smallest absolute Gasteiger partial charge is 0 e. The van der Waals surface area contributed by atoms with Crippen molar-refractivity contribution in [3.8, 4) is 0 Å². The van der Waals surface area contributed by atoms with Crippen molar-refractivity contribution in [1.82, 2.24) is 0 Å². The zero-order valence-electron chi connectivity index (χ0n) is 37.4. The van der Waals surface area contributed by atoms with Crippen LogP contribution in [-0.2, 0) is 63.5 Å². The topological polar surface area (TPSA) is 0 Å². The van der Waals surface area contributed by atoms with Crippen molar-refractivity contribution in [2.24, 2.45) is 0 Å². The van der Waals surface area contributed by atoms with Crippen LogP contribution in [0.5, 0.6) is 0 Å². The average Bonchev–Trinajstić information content (AvgIpc) is 3.41. The molecule has 0 nitrogen and oxygen atoms in total. The zero-order chi connectivity index (χ0) is 35.1. The molecule has 2 radical (unpaired) electrons. The second kappa shape index (κ2) is 33.0. The third kappa shape index (κ3) is 19.4. The minimum absolute atomic E-state index is 0. The molecular formula is C44H75AlCl3Cr4+4. The second-order valence-electron chi connectivity index (χ2n) is 12.7. The summed E-state index contributed by atoms with van der Waals surface area (Å²) in [6.07, 6.45) is 0. The van der Waals surface area contributed by atoms with E-state index in [-0.39, 0.29) is 99.2 Å². The predicted octanol–water partition coefficient (Wildman–Crippen LogP) is 12.4. The van der Waals surface area contributed by atoms with E-state index in [9.17, 15) is 0 Å². The van der Waals surface area contributed by atoms with Gasteiger partial charge in [-0.2, -0.15) is 83.5 Å². The van der Waals surface area contributed by atoms with Gasteiger partial charge in [0.25, 0.3) is 0 Å². The summed E-state index contributed by atoms with van der Waals surface area (Å²) < 4.78 is 0. The number of halogens is 3. The third-order valence-corrected chi connectivity index (χ3v) is 11.2. The van der Waals surface area contributed by atoms with Crippen molar-refractivity contribution in [1.29, 1.82) is 0 Å². The van der Waals surface area contributed by atoms with Crippen LogP contribution in [0.1, 0.15) is 111 Å². The van der Waals surface area contributed by atoms with Gasteiger partial charge in [0.2, 0.25) is 0 Å². The monoisotopic (exact) mass is 943 g/mol. The molecule has 0 saturated heterocycles. The summed E-state index contributed by atoms with van der Waals surface area (Å²) in [5.74, 6) is 0. The largest absolute Gasteiger partial charge is 5.00 e. The first-order chi connectivity index (χ1) is 19.9. The van der Waals surface area contributed by atoms with Gasteiger partial charge in [-0.15, -0.1) is 0 Å². The Labute approximate surface area is 386 Å². The molecule has 295 valence electrons. The van der Waals surface area contributed by atoms with E-state index < -0.39 is 11.4 Å². The van der Waals surface area contributed by atoms with Gasteiger partial charge in [0.15, 0.2) is 0 Å². The summed E-state index contributed by atoms with van der Waals surface area (Å²) in [5.41, 5.74) is 29.4. The van der Waals surface area contributed by atoms with Gasteiger partial charge in [0.05, 0.1) is 0 Å². The fraction of sp³-hybridized carbons (Fsp3) is 0.455. The Morgan fingerprint density at radius 3 is 0.442 bits per heavy atom. The molecule has 0 amide bonds. The normalized spacial score (nSPS) is 8.77. The molecule has 0 aliphatic heterocycles. The molecule has 0 spiro atoms. The first-order valence-corrected chi connectivity index (χ1v) is 21.2. The second-order valence-corrected chi connectivity index (χ2v) is 20.1. The van der Waals surface area contributed by atoms with Crippen LogP contribution in [0.4, 0.5) is 0 Å². The molecule has 52 heavy (non-hydrogen) atoms. The molecular weight excluding hydrogens is 870 g/mol. The molecule has 4 aromatic carbocycles. The first-order valence-electron chi connectivity index (χ1n) is 15.5. The molecule has 0 N–H and O–H groups in total. The van der Waals surface area contributed by atoms with Gasteiger partial charge in [-0.05, 0) is 0 Å². The van der Waals surface area contributed by atoms with Crippen LogP contribution in [0.3, 0.4) is 0 Å². The SMILES string of the molecule is C[c-]1[c-](C)[c-](C)[c-](C)[c-]1C.Cc1c(C)c(C)[c-](C)c1C.Cc1c(C)c(C)[c-](C)c1C.Cc1c(C)c(C)[c-](C)c1C.[Al+3].[CH3-].[CH3-].[CH3-].[CH3-].[ClH+][Cr]([ClH+])[ClH+].[Cr+5].[Cr+5].[Cr]. The van der Waals surface area contributed by atoms with Crippen molar-refractivity contribution in [2.45, 2.75) is 138 Å². The van der Waals surface area contributed by atoms with Crippen LogP contribution in [0.2, 0.25) is 0 Å². The maximum absolute atomic E-state index is 4.38. The molecule has 8 heteroatoms. The standard InChI is InChI=1S/4C10H15.4CH3.Al.3ClH.4Cr/c4*1-6-7(2)9(4)10(5)8(6)3;;;;;;;;;;;;/h4*1-5H3;4*1H3;;3*1H;;;;/q-5;7*-1;+3;;;;;+3;2*+5. The molecule has 0 bridgehead atoms. The molecule has 0 aliphatic carbocycles. The minimum atomic E-state index is -1.29. The van der Waals surface area contributed by atoms with E-state index in [1.54, 1.807) is 0 Å². The van der Waals surface area contributed by atoms with E-state index >= 15 is 0 Å². The van der Waals surface area contributed by atoms with E-state index in [1.807, 2.05) is 0 Å². The summed E-state index contributed by atoms with van der Waals surface area (Å²) in [6, 6.07) is 0. The van der Waals surface area contributed by atoms with Crippen molar-refractivity contribution < 1.29 is 93.6 Å². The van der Waals surface area contributed by atoms with Gasteiger partial charge < -0.3 is 57.5 Å². The van der Waals surface area contributed by atoms with Gasteiger partial charge in [0, 0.05) is 17.4 Å². The Morgan fingerprint density at radius 2 is 0.404 bits per heavy atom. The van der Waals surface area contributed by atoms with Crippen molar-refractivity contribution in [2.75, 3.05) is 0 Å². The van der Waals surface area contributed by atoms with Gasteiger partial charge >= 0.3 is 93.6 Å². The van der Waals surface area contributed by atoms with Gasteiger partial charge in [-0.1, -0.05) is 104 Å². The van der Waals surface area contributed by atoms with E-state index in [1.165, 1.54) is 111 Å². The predicted molar refractivity (Wildman–Crippen MR) is 218 cm³/mol. The molecule has 0 aliphatic rings. The summed E-state index contributed by atoms with van der Waals surface area (Å²) in [4.78, 5) is 0. The van der Waals surface area contributed by atoms with Crippen molar-refractivity contribution in [3.05, 3.63) is 141 Å². The quantitative estimate of drug-likeness (QED) is 0.122. The van der Waals surface area contributed by atoms with Gasteiger partial charge in [-0.25, -0.2) is 34.6 Å². The maximum Gasteiger partial charge on any atom is 5.00 e. The van der Waals surface area contributed by atoms with Crippen LogP contribution < -0.4 is 0 Å². The molecule has 4 aromatic rings. The number of hydrogen-bond acceptors (Lipinski definition) is 0. The van der Waals surface area contributed by atoms with E-state index in [0.29, 0.717) is 0 Å². The van der Waals surface area contributed by atoms with Gasteiger partial charge in [0.1, 0.15) is 0 Å². The van der Waals surface area contributed by atoms with Crippen molar-refractivity contribution >= 4 is 17.4 Å². The molecule has 0 aromatic heterocycles. The van der Waals surface area contributed by atoms with E-state index in [2.05, 4.69) is 169 Å². The molecule has 0 saturated carbocycles. The third-order valence-electron chi connectivity index (χ3n) is 11.2. The fourth-order valence-corrected chi connectivity index (χ4v) is 5.62. The Morgan fingerprint density at radius 1 is 0.327 bits per heavy atom. The van der Waals surface area contributed by atoms with Crippen LogP contribution in [0.25, 0.3) is 0 Å². The van der Waals surface area contributed by atoms with Crippen molar-refractivity contribution in [3.63, 3.8) is 0 Å². The Balaban J connectivity index is -0.0000000623. The van der Waals surface area contributed by atoms with Crippen LogP contribution in [0.15, 0.2) is 0 Å². The molecule has 0 unspecified atom stereocenters. The van der Waals surface area contributed by atoms with E-state index in [0.717, 1.165) is 0 Å². The molecule has 4 rings (SSSR count). The minimum Gasteiger partial charge on any atom is 0 e. The summed E-state index contributed by atoms with van der Waals surface area (Å²) in [7, 11) is 13.1. The van der Waals surface area contributed by atoms with Crippen LogP contribution >= 0.6 is 0 Å². The average molecular weight is 945 g/mol. The van der Waals surface area contributed by atoms with Gasteiger partial charge in [-0.3, -0.25) is 0 Å².